The molecule has 2 rings (SSSR count). The fraction of sp³-hybridized carbons (Fsp3) is 0.278. The SMILES string of the molecule is CC[C@@H](Nc1cc(C)ccc1C)C(=O)Nc1ccccc1. The van der Waals surface area contributed by atoms with Crippen molar-refractivity contribution in [1.29, 1.82) is 0 Å². The average Bonchev–Trinajstić information content (AvgIpc) is 2.49. The molecular weight excluding hydrogens is 260 g/mol. The second kappa shape index (κ2) is 6.93. The normalized spacial score (nSPS) is 11.8. The maximum Gasteiger partial charge on any atom is 0.246 e. The summed E-state index contributed by atoms with van der Waals surface area (Å²) in [5.41, 5.74) is 4.17. The summed E-state index contributed by atoms with van der Waals surface area (Å²) in [6.45, 7) is 6.10. The third kappa shape index (κ3) is 4.09. The highest BCUT2D eigenvalue weighted by molar-refractivity contribution is 5.96. The van der Waals surface area contributed by atoms with Crippen molar-refractivity contribution in [3.05, 3.63) is 59.7 Å². The van der Waals surface area contributed by atoms with Crippen molar-refractivity contribution in [3.8, 4) is 0 Å². The van der Waals surface area contributed by atoms with Crippen LogP contribution in [0.5, 0.6) is 0 Å². The van der Waals surface area contributed by atoms with Crippen LogP contribution in [0.3, 0.4) is 0 Å². The van der Waals surface area contributed by atoms with E-state index < -0.39 is 0 Å². The fourth-order valence-corrected chi connectivity index (χ4v) is 2.18. The molecule has 0 aliphatic carbocycles. The number of anilines is 2. The van der Waals surface area contributed by atoms with Crippen LogP contribution in [0, 0.1) is 13.8 Å². The van der Waals surface area contributed by atoms with Crippen molar-refractivity contribution in [2.75, 3.05) is 10.6 Å². The lowest BCUT2D eigenvalue weighted by molar-refractivity contribution is -0.116. The minimum atomic E-state index is -0.245. The maximum absolute atomic E-state index is 12.4. The molecule has 0 saturated heterocycles. The maximum atomic E-state index is 12.4. The number of carbonyl (C=O) groups excluding carboxylic acids is 1. The van der Waals surface area contributed by atoms with Gasteiger partial charge >= 0.3 is 0 Å². The van der Waals surface area contributed by atoms with Crippen LogP contribution >= 0.6 is 0 Å². The molecule has 0 aromatic heterocycles. The summed E-state index contributed by atoms with van der Waals surface area (Å²) < 4.78 is 0. The molecular formula is C18H22N2O. The van der Waals surface area contributed by atoms with E-state index in [-0.39, 0.29) is 11.9 Å². The number of para-hydroxylation sites is 1. The summed E-state index contributed by atoms with van der Waals surface area (Å²) in [7, 11) is 0. The van der Waals surface area contributed by atoms with Gasteiger partial charge in [0, 0.05) is 11.4 Å². The molecule has 1 atom stereocenters. The summed E-state index contributed by atoms with van der Waals surface area (Å²) in [5, 5.41) is 6.29. The average molecular weight is 282 g/mol. The third-order valence-electron chi connectivity index (χ3n) is 3.49. The molecule has 1 amide bonds. The number of rotatable bonds is 5. The summed E-state index contributed by atoms with van der Waals surface area (Å²) in [5.74, 6) is -0.00962. The Morgan fingerprint density at radius 1 is 1.10 bits per heavy atom. The van der Waals surface area contributed by atoms with Crippen LogP contribution in [0.25, 0.3) is 0 Å². The van der Waals surface area contributed by atoms with Crippen molar-refractivity contribution in [1.82, 2.24) is 0 Å². The Morgan fingerprint density at radius 3 is 2.48 bits per heavy atom. The van der Waals surface area contributed by atoms with Crippen molar-refractivity contribution in [2.24, 2.45) is 0 Å². The highest BCUT2D eigenvalue weighted by Gasteiger charge is 2.17. The Kier molecular flexibility index (Phi) is 4.99. The molecule has 0 radical (unpaired) electrons. The van der Waals surface area contributed by atoms with Crippen LogP contribution in [0.15, 0.2) is 48.5 Å². The zero-order valence-electron chi connectivity index (χ0n) is 12.8. The van der Waals surface area contributed by atoms with Gasteiger partial charge in [-0.3, -0.25) is 4.79 Å². The Morgan fingerprint density at radius 2 is 1.81 bits per heavy atom. The number of benzene rings is 2. The first kappa shape index (κ1) is 15.1. The fourth-order valence-electron chi connectivity index (χ4n) is 2.18. The third-order valence-corrected chi connectivity index (χ3v) is 3.49. The van der Waals surface area contributed by atoms with E-state index in [9.17, 15) is 4.79 Å². The van der Waals surface area contributed by atoms with Gasteiger partial charge in [0.2, 0.25) is 5.91 Å². The van der Waals surface area contributed by atoms with Crippen molar-refractivity contribution < 1.29 is 4.79 Å². The van der Waals surface area contributed by atoms with Gasteiger partial charge in [0.15, 0.2) is 0 Å². The van der Waals surface area contributed by atoms with Gasteiger partial charge in [-0.05, 0) is 49.6 Å². The molecule has 2 aromatic carbocycles. The van der Waals surface area contributed by atoms with E-state index in [1.165, 1.54) is 5.56 Å². The van der Waals surface area contributed by atoms with E-state index in [2.05, 4.69) is 35.8 Å². The van der Waals surface area contributed by atoms with Crippen LogP contribution in [-0.4, -0.2) is 11.9 Å². The molecule has 2 N–H and O–H groups in total. The van der Waals surface area contributed by atoms with Crippen LogP contribution in [0.1, 0.15) is 24.5 Å². The molecule has 3 heteroatoms. The Bertz CT molecular complexity index is 608. The zero-order chi connectivity index (χ0) is 15.2. The lowest BCUT2D eigenvalue weighted by Crippen LogP contribution is -2.34. The molecule has 0 heterocycles. The number of amides is 1. The van der Waals surface area contributed by atoms with E-state index in [1.54, 1.807) is 0 Å². The van der Waals surface area contributed by atoms with E-state index in [1.807, 2.05) is 44.2 Å². The molecule has 0 aliphatic rings. The smallest absolute Gasteiger partial charge is 0.246 e. The van der Waals surface area contributed by atoms with Gasteiger partial charge in [0.1, 0.15) is 6.04 Å². The second-order valence-electron chi connectivity index (χ2n) is 5.28. The minimum absolute atomic E-state index is 0.00962. The molecule has 21 heavy (non-hydrogen) atoms. The van der Waals surface area contributed by atoms with Crippen LogP contribution < -0.4 is 10.6 Å². The minimum Gasteiger partial charge on any atom is -0.373 e. The monoisotopic (exact) mass is 282 g/mol. The molecule has 0 aliphatic heterocycles. The quantitative estimate of drug-likeness (QED) is 0.865. The van der Waals surface area contributed by atoms with E-state index in [0.717, 1.165) is 23.4 Å². The lowest BCUT2D eigenvalue weighted by Gasteiger charge is -2.19. The van der Waals surface area contributed by atoms with Crippen molar-refractivity contribution in [2.45, 2.75) is 33.2 Å². The number of aryl methyl sites for hydroxylation is 2. The van der Waals surface area contributed by atoms with Crippen LogP contribution in [-0.2, 0) is 4.79 Å². The molecule has 0 saturated carbocycles. The van der Waals surface area contributed by atoms with Gasteiger partial charge in [-0.2, -0.15) is 0 Å². The molecule has 3 nitrogen and oxygen atoms in total. The molecule has 0 spiro atoms. The summed E-state index contributed by atoms with van der Waals surface area (Å²) in [4.78, 5) is 12.4. The van der Waals surface area contributed by atoms with Gasteiger partial charge in [-0.25, -0.2) is 0 Å². The first-order valence-electron chi connectivity index (χ1n) is 7.30. The summed E-state index contributed by atoms with van der Waals surface area (Å²) in [6, 6.07) is 15.5. The summed E-state index contributed by atoms with van der Waals surface area (Å²) >= 11 is 0. The first-order valence-corrected chi connectivity index (χ1v) is 7.30. The van der Waals surface area contributed by atoms with Gasteiger partial charge in [0.25, 0.3) is 0 Å². The van der Waals surface area contributed by atoms with E-state index in [4.69, 9.17) is 0 Å². The van der Waals surface area contributed by atoms with Gasteiger partial charge < -0.3 is 10.6 Å². The molecule has 0 fully saturated rings. The van der Waals surface area contributed by atoms with Gasteiger partial charge in [0.05, 0.1) is 0 Å². The molecule has 110 valence electrons. The number of hydrogen-bond acceptors (Lipinski definition) is 2. The largest absolute Gasteiger partial charge is 0.373 e. The molecule has 2 aromatic rings. The number of carbonyl (C=O) groups is 1. The Hall–Kier alpha value is -2.29. The molecule has 0 unspecified atom stereocenters. The van der Waals surface area contributed by atoms with Gasteiger partial charge in [-0.1, -0.05) is 37.3 Å². The van der Waals surface area contributed by atoms with Crippen LogP contribution in [0.2, 0.25) is 0 Å². The lowest BCUT2D eigenvalue weighted by atomic mass is 10.1. The highest BCUT2D eigenvalue weighted by Crippen LogP contribution is 2.18. The standard InChI is InChI=1S/C18H22N2O/c1-4-16(18(21)19-15-8-6-5-7-9-15)20-17-12-13(2)10-11-14(17)3/h5-12,16,20H,4H2,1-3H3,(H,19,21)/t16-/m1/s1. The topological polar surface area (TPSA) is 41.1 Å². The highest BCUT2D eigenvalue weighted by atomic mass is 16.2. The molecule has 0 bridgehead atoms. The number of nitrogens with one attached hydrogen (secondary N) is 2. The number of hydrogen-bond donors (Lipinski definition) is 2. The van der Waals surface area contributed by atoms with E-state index in [0.29, 0.717) is 0 Å². The zero-order valence-corrected chi connectivity index (χ0v) is 12.8. The Labute approximate surface area is 126 Å². The predicted molar refractivity (Wildman–Crippen MR) is 88.7 cm³/mol. The Balaban J connectivity index is 2.09. The second-order valence-corrected chi connectivity index (χ2v) is 5.28. The van der Waals surface area contributed by atoms with Crippen LogP contribution in [0.4, 0.5) is 11.4 Å². The van der Waals surface area contributed by atoms with Gasteiger partial charge in [-0.15, -0.1) is 0 Å². The summed E-state index contributed by atoms with van der Waals surface area (Å²) in [6.07, 6.45) is 0.728. The van der Waals surface area contributed by atoms with Crippen molar-refractivity contribution >= 4 is 17.3 Å². The van der Waals surface area contributed by atoms with E-state index >= 15 is 0 Å². The predicted octanol–water partition coefficient (Wildman–Crippen LogP) is 4.13. The first-order chi connectivity index (χ1) is 10.1. The van der Waals surface area contributed by atoms with Crippen molar-refractivity contribution in [3.63, 3.8) is 0 Å².